The van der Waals surface area contributed by atoms with Gasteiger partial charge < -0.3 is 30.5 Å². The Morgan fingerprint density at radius 1 is 1.06 bits per heavy atom. The number of aliphatic imine (C=N–C) groups is 1. The Balaban J connectivity index is 0.00000342. The molecule has 194 valence electrons. The van der Waals surface area contributed by atoms with Crippen LogP contribution in [-0.2, 0) is 4.79 Å². The number of carboxylic acids is 1. The monoisotopic (exact) mass is 501 g/mol. The van der Waals surface area contributed by atoms with Crippen LogP contribution in [0.25, 0.3) is 0 Å². The summed E-state index contributed by atoms with van der Waals surface area (Å²) in [4.78, 5) is 14.5. The van der Waals surface area contributed by atoms with E-state index in [1.807, 2.05) is 0 Å². The Kier molecular flexibility index (Phi) is 9.47. The predicted octanol–water partition coefficient (Wildman–Crippen LogP) is -0.398. The van der Waals surface area contributed by atoms with E-state index in [2.05, 4.69) is 25.8 Å². The molecule has 0 heterocycles. The molecule has 4 aliphatic carbocycles. The van der Waals surface area contributed by atoms with Crippen molar-refractivity contribution in [2.24, 2.45) is 51.3 Å². The molecule has 0 amide bonds. The van der Waals surface area contributed by atoms with Crippen molar-refractivity contribution in [3.05, 3.63) is 0 Å². The first-order valence-corrected chi connectivity index (χ1v) is 13.4. The zero-order chi connectivity index (χ0) is 24.8. The molecule has 0 bridgehead atoms. The summed E-state index contributed by atoms with van der Waals surface area (Å²) in [5.74, 6) is 0.396. The number of aliphatic hydroxyl groups excluding tert-OH is 3. The summed E-state index contributed by atoms with van der Waals surface area (Å²) < 4.78 is 0. The Hall–Kier alpha value is -0.180. The van der Waals surface area contributed by atoms with E-state index in [9.17, 15) is 25.2 Å². The van der Waals surface area contributed by atoms with Crippen molar-refractivity contribution in [3.8, 4) is 0 Å². The number of hydrogen-bond acceptors (Lipinski definition) is 6. The maximum absolute atomic E-state index is 12.1. The smallest absolute Gasteiger partial charge is 0.862 e. The van der Waals surface area contributed by atoms with E-state index in [4.69, 9.17) is 5.11 Å². The summed E-state index contributed by atoms with van der Waals surface area (Å²) >= 11 is 0. The molecule has 7 nitrogen and oxygen atoms in total. The van der Waals surface area contributed by atoms with Gasteiger partial charge in [-0.3, -0.25) is 4.79 Å². The molecule has 0 aromatic rings. The zero-order valence-corrected chi connectivity index (χ0v) is 24.0. The number of aliphatic carboxylic acids is 1. The minimum atomic E-state index is -0.950. The molecule has 0 saturated heterocycles. The average Bonchev–Trinajstić information content (AvgIpc) is 3.12. The van der Waals surface area contributed by atoms with Gasteiger partial charge in [0.2, 0.25) is 0 Å². The molecule has 8 heteroatoms. The second-order valence-electron chi connectivity index (χ2n) is 12.5. The predicted molar refractivity (Wildman–Crippen MR) is 127 cm³/mol. The van der Waals surface area contributed by atoms with Gasteiger partial charge in [-0.1, -0.05) is 20.8 Å². The second kappa shape index (κ2) is 11.3. The number of rotatable bonds is 7. The maximum atomic E-state index is 12.1. The fraction of sp³-hybridized carbons (Fsp3) is 0.926. The quantitative estimate of drug-likeness (QED) is 0.213. The van der Waals surface area contributed by atoms with Gasteiger partial charge in [-0.05, 0) is 110 Å². The number of carboxylic acid groups (broad SMARTS) is 1. The van der Waals surface area contributed by atoms with Gasteiger partial charge in [-0.25, -0.2) is 0 Å². The SMILES string of the molecule is C[C@H](CCC([O-])=NCCC(=O)O)[C@H]1CC[C@H]2[C@@H]3[C@H](O)C[C@@H]4C[C@H](O)CC[C@]4(C)[C@H]3C[C@H](O)[C@]12C.[Na+]. The molecule has 4 N–H and O–H groups in total. The molecule has 0 aliphatic heterocycles. The maximum Gasteiger partial charge on any atom is 1.00 e. The minimum absolute atomic E-state index is 0. The van der Waals surface area contributed by atoms with Crippen molar-refractivity contribution >= 4 is 11.9 Å². The number of nitrogens with zero attached hydrogens (tertiary/aromatic N) is 1. The van der Waals surface area contributed by atoms with Crippen molar-refractivity contribution in [3.63, 3.8) is 0 Å². The minimum Gasteiger partial charge on any atom is -0.862 e. The average molecular weight is 502 g/mol. The first kappa shape index (κ1) is 29.4. The van der Waals surface area contributed by atoms with Gasteiger partial charge in [0.05, 0.1) is 24.7 Å². The number of aliphatic hydroxyl groups is 3. The molecule has 0 aromatic carbocycles. The molecule has 0 aromatic heterocycles. The van der Waals surface area contributed by atoms with E-state index in [0.717, 1.165) is 38.5 Å². The molecular formula is C27H44NNaO6. The van der Waals surface area contributed by atoms with Crippen LogP contribution < -0.4 is 34.7 Å². The van der Waals surface area contributed by atoms with Crippen molar-refractivity contribution in [2.45, 2.75) is 103 Å². The van der Waals surface area contributed by atoms with Crippen molar-refractivity contribution in [2.75, 3.05) is 6.54 Å². The normalized spacial score (nSPS) is 46.1. The molecule has 0 radical (unpaired) electrons. The Morgan fingerprint density at radius 2 is 1.77 bits per heavy atom. The summed E-state index contributed by atoms with van der Waals surface area (Å²) in [7, 11) is 0. The zero-order valence-electron chi connectivity index (χ0n) is 22.0. The third-order valence-corrected chi connectivity index (χ3v) is 10.9. The van der Waals surface area contributed by atoms with Gasteiger partial charge in [0.1, 0.15) is 0 Å². The molecule has 35 heavy (non-hydrogen) atoms. The van der Waals surface area contributed by atoms with Gasteiger partial charge in [0.15, 0.2) is 0 Å². The van der Waals surface area contributed by atoms with E-state index in [1.165, 1.54) is 0 Å². The van der Waals surface area contributed by atoms with E-state index in [0.29, 0.717) is 25.2 Å². The Labute approximate surface area is 232 Å². The molecular weight excluding hydrogens is 457 g/mol. The standard InChI is InChI=1S/C27H45NO6.Na/c1-15(4-7-23(32)28-11-9-24(33)34)18-5-6-19-25-20(14-22(31)27(18,19)3)26(2)10-8-17(29)12-16(26)13-21(25)30;/h15-22,25,29-31H,4-14H2,1-3H3,(H,28,32)(H,33,34);/q;+1/p-1/t15-,16+,17-,18-,19+,20+,21-,22+,25+,26+,27-;/m1./s1. The molecule has 11 atom stereocenters. The number of carbonyl (C=O) groups is 1. The summed E-state index contributed by atoms with van der Waals surface area (Å²) in [5.41, 5.74) is -0.207. The van der Waals surface area contributed by atoms with Crippen LogP contribution >= 0.6 is 0 Å². The van der Waals surface area contributed by atoms with Crippen LogP contribution in [0.5, 0.6) is 0 Å². The van der Waals surface area contributed by atoms with Crippen LogP contribution in [-0.4, -0.2) is 57.1 Å². The molecule has 4 fully saturated rings. The van der Waals surface area contributed by atoms with E-state index >= 15 is 0 Å². The Morgan fingerprint density at radius 3 is 2.46 bits per heavy atom. The van der Waals surface area contributed by atoms with Gasteiger partial charge in [0.25, 0.3) is 0 Å². The van der Waals surface area contributed by atoms with Gasteiger partial charge in [-0.15, -0.1) is 0 Å². The molecule has 0 unspecified atom stereocenters. The largest absolute Gasteiger partial charge is 1.00 e. The molecule has 0 spiro atoms. The van der Waals surface area contributed by atoms with Crippen LogP contribution in [0.3, 0.4) is 0 Å². The van der Waals surface area contributed by atoms with Crippen LogP contribution in [0.2, 0.25) is 0 Å². The summed E-state index contributed by atoms with van der Waals surface area (Å²) in [6.07, 6.45) is 5.80. The van der Waals surface area contributed by atoms with Gasteiger partial charge in [-0.2, -0.15) is 0 Å². The fourth-order valence-electron chi connectivity index (χ4n) is 9.04. The molecule has 4 rings (SSSR count). The first-order chi connectivity index (χ1) is 16.0. The molecule has 4 aliphatic rings. The van der Waals surface area contributed by atoms with Crippen molar-refractivity contribution in [1.29, 1.82) is 0 Å². The van der Waals surface area contributed by atoms with Crippen LogP contribution in [0.1, 0.15) is 85.0 Å². The first-order valence-electron chi connectivity index (χ1n) is 13.4. The Bertz CT molecular complexity index is 794. The third-order valence-electron chi connectivity index (χ3n) is 10.9. The molecule has 4 saturated carbocycles. The number of hydrogen-bond donors (Lipinski definition) is 4. The fourth-order valence-corrected chi connectivity index (χ4v) is 9.04. The van der Waals surface area contributed by atoms with Crippen LogP contribution in [0.15, 0.2) is 4.99 Å². The second-order valence-corrected chi connectivity index (χ2v) is 12.5. The topological polar surface area (TPSA) is 133 Å². The number of fused-ring (bicyclic) bond motifs is 5. The van der Waals surface area contributed by atoms with E-state index in [-0.39, 0.29) is 101 Å². The van der Waals surface area contributed by atoms with E-state index in [1.54, 1.807) is 0 Å². The van der Waals surface area contributed by atoms with Gasteiger partial charge in [0, 0.05) is 6.54 Å². The third kappa shape index (κ3) is 5.37. The van der Waals surface area contributed by atoms with Crippen LogP contribution in [0, 0.1) is 46.3 Å². The summed E-state index contributed by atoms with van der Waals surface area (Å²) in [6, 6.07) is 0. The summed E-state index contributed by atoms with van der Waals surface area (Å²) in [5, 5.41) is 54.1. The van der Waals surface area contributed by atoms with Crippen molar-refractivity contribution < 1.29 is 59.9 Å². The van der Waals surface area contributed by atoms with Gasteiger partial charge >= 0.3 is 35.5 Å². The van der Waals surface area contributed by atoms with Crippen LogP contribution in [0.4, 0.5) is 0 Å². The van der Waals surface area contributed by atoms with Crippen molar-refractivity contribution in [1.82, 2.24) is 0 Å². The van der Waals surface area contributed by atoms with E-state index < -0.39 is 12.1 Å². The summed E-state index contributed by atoms with van der Waals surface area (Å²) in [6.45, 7) is 6.76.